The zero-order chi connectivity index (χ0) is 11.3. The third-order valence-electron chi connectivity index (χ3n) is 2.18. The Labute approximate surface area is 89.1 Å². The topological polar surface area (TPSA) is 32.3 Å². The standard InChI is InChI=1S/C12H14FNO/c1-3-4-7-14-9(2)11-6-5-10(13)8-12(11)15/h1,5-6,8-9,14-15H,4,7H2,2H3. The van der Waals surface area contributed by atoms with Crippen molar-refractivity contribution < 1.29 is 9.50 Å². The van der Waals surface area contributed by atoms with Crippen molar-refractivity contribution in [1.82, 2.24) is 5.32 Å². The molecule has 0 aliphatic heterocycles. The maximum atomic E-state index is 12.7. The minimum atomic E-state index is -0.438. The Bertz CT molecular complexity index is 370. The van der Waals surface area contributed by atoms with E-state index in [1.165, 1.54) is 6.07 Å². The van der Waals surface area contributed by atoms with Crippen LogP contribution >= 0.6 is 0 Å². The molecule has 0 bridgehead atoms. The summed E-state index contributed by atoms with van der Waals surface area (Å²) in [4.78, 5) is 0. The maximum absolute atomic E-state index is 12.7. The number of phenolic OH excluding ortho intramolecular Hbond substituents is 1. The lowest BCUT2D eigenvalue weighted by Crippen LogP contribution is -2.19. The number of aromatic hydroxyl groups is 1. The summed E-state index contributed by atoms with van der Waals surface area (Å²) in [6.45, 7) is 2.57. The van der Waals surface area contributed by atoms with Gasteiger partial charge in [-0.15, -0.1) is 12.3 Å². The summed E-state index contributed by atoms with van der Waals surface area (Å²) < 4.78 is 12.7. The number of halogens is 1. The molecule has 1 atom stereocenters. The highest BCUT2D eigenvalue weighted by atomic mass is 19.1. The Balaban J connectivity index is 2.66. The van der Waals surface area contributed by atoms with Crippen LogP contribution in [0.15, 0.2) is 18.2 Å². The lowest BCUT2D eigenvalue weighted by Gasteiger charge is -2.14. The first kappa shape index (κ1) is 11.5. The van der Waals surface area contributed by atoms with Crippen LogP contribution in [0.2, 0.25) is 0 Å². The fourth-order valence-electron chi connectivity index (χ4n) is 1.35. The monoisotopic (exact) mass is 207 g/mol. The molecule has 0 fully saturated rings. The van der Waals surface area contributed by atoms with Gasteiger partial charge in [-0.05, 0) is 13.0 Å². The number of hydrogen-bond acceptors (Lipinski definition) is 2. The van der Waals surface area contributed by atoms with E-state index in [9.17, 15) is 9.50 Å². The molecule has 1 aromatic carbocycles. The zero-order valence-electron chi connectivity index (χ0n) is 8.63. The van der Waals surface area contributed by atoms with Crippen molar-refractivity contribution >= 4 is 0 Å². The normalized spacial score (nSPS) is 12.1. The summed E-state index contributed by atoms with van der Waals surface area (Å²) in [6, 6.07) is 3.96. The van der Waals surface area contributed by atoms with Crippen molar-refractivity contribution in [3.8, 4) is 18.1 Å². The van der Waals surface area contributed by atoms with Gasteiger partial charge in [0.1, 0.15) is 11.6 Å². The third-order valence-corrected chi connectivity index (χ3v) is 2.18. The first-order valence-corrected chi connectivity index (χ1v) is 4.80. The molecular weight excluding hydrogens is 193 g/mol. The van der Waals surface area contributed by atoms with E-state index in [-0.39, 0.29) is 11.8 Å². The largest absolute Gasteiger partial charge is 0.508 e. The van der Waals surface area contributed by atoms with Gasteiger partial charge in [0.05, 0.1) is 0 Å². The van der Waals surface area contributed by atoms with E-state index in [1.54, 1.807) is 6.07 Å². The molecule has 0 aliphatic rings. The molecule has 0 heterocycles. The second-order valence-electron chi connectivity index (χ2n) is 3.33. The van der Waals surface area contributed by atoms with Crippen LogP contribution in [-0.2, 0) is 0 Å². The number of terminal acetylenes is 1. The highest BCUT2D eigenvalue weighted by Crippen LogP contribution is 2.24. The van der Waals surface area contributed by atoms with Gasteiger partial charge in [0, 0.05) is 30.6 Å². The molecule has 0 spiro atoms. The zero-order valence-corrected chi connectivity index (χ0v) is 8.63. The first-order valence-electron chi connectivity index (χ1n) is 4.80. The van der Waals surface area contributed by atoms with Gasteiger partial charge >= 0.3 is 0 Å². The van der Waals surface area contributed by atoms with Crippen molar-refractivity contribution in [3.63, 3.8) is 0 Å². The summed E-state index contributed by atoms with van der Waals surface area (Å²) in [5, 5.41) is 12.6. The molecule has 1 unspecified atom stereocenters. The van der Waals surface area contributed by atoms with Crippen molar-refractivity contribution in [2.45, 2.75) is 19.4 Å². The van der Waals surface area contributed by atoms with Gasteiger partial charge in [0.15, 0.2) is 0 Å². The van der Waals surface area contributed by atoms with Gasteiger partial charge in [-0.25, -0.2) is 4.39 Å². The van der Waals surface area contributed by atoms with Gasteiger partial charge in [0.25, 0.3) is 0 Å². The minimum Gasteiger partial charge on any atom is -0.508 e. The smallest absolute Gasteiger partial charge is 0.126 e. The summed E-state index contributed by atoms with van der Waals surface area (Å²) in [6.07, 6.45) is 5.75. The number of rotatable bonds is 4. The highest BCUT2D eigenvalue weighted by Gasteiger charge is 2.09. The van der Waals surface area contributed by atoms with Crippen LogP contribution in [-0.4, -0.2) is 11.7 Å². The summed E-state index contributed by atoms with van der Waals surface area (Å²) in [5.74, 6) is 2.04. The molecule has 1 rings (SSSR count). The molecule has 1 aromatic rings. The van der Waals surface area contributed by atoms with Crippen molar-refractivity contribution in [2.75, 3.05) is 6.54 Å². The molecular formula is C12H14FNO. The predicted molar refractivity (Wildman–Crippen MR) is 57.9 cm³/mol. The van der Waals surface area contributed by atoms with E-state index in [4.69, 9.17) is 6.42 Å². The van der Waals surface area contributed by atoms with Crippen molar-refractivity contribution in [3.05, 3.63) is 29.6 Å². The Morgan fingerprint density at radius 2 is 2.33 bits per heavy atom. The number of phenols is 1. The van der Waals surface area contributed by atoms with Gasteiger partial charge in [-0.2, -0.15) is 0 Å². The molecule has 0 saturated carbocycles. The lowest BCUT2D eigenvalue weighted by atomic mass is 10.1. The molecule has 0 aliphatic carbocycles. The molecule has 0 saturated heterocycles. The molecule has 2 nitrogen and oxygen atoms in total. The number of hydrogen-bond donors (Lipinski definition) is 2. The second-order valence-corrected chi connectivity index (χ2v) is 3.33. The van der Waals surface area contributed by atoms with Crippen LogP contribution < -0.4 is 5.32 Å². The first-order chi connectivity index (χ1) is 7.15. The van der Waals surface area contributed by atoms with Crippen LogP contribution in [0.4, 0.5) is 4.39 Å². The van der Waals surface area contributed by atoms with E-state index in [1.807, 2.05) is 6.92 Å². The van der Waals surface area contributed by atoms with Gasteiger partial charge in [0.2, 0.25) is 0 Å². The van der Waals surface area contributed by atoms with Gasteiger partial charge < -0.3 is 10.4 Å². The molecule has 0 radical (unpaired) electrons. The van der Waals surface area contributed by atoms with E-state index < -0.39 is 5.82 Å². The Morgan fingerprint density at radius 3 is 2.93 bits per heavy atom. The van der Waals surface area contributed by atoms with E-state index >= 15 is 0 Å². The Kier molecular flexibility index (Phi) is 4.14. The van der Waals surface area contributed by atoms with E-state index in [0.29, 0.717) is 18.5 Å². The summed E-state index contributed by atoms with van der Waals surface area (Å²) in [5.41, 5.74) is 0.674. The fraction of sp³-hybridized carbons (Fsp3) is 0.333. The highest BCUT2D eigenvalue weighted by molar-refractivity contribution is 5.34. The number of nitrogens with one attached hydrogen (secondary N) is 1. The van der Waals surface area contributed by atoms with Gasteiger partial charge in [-0.3, -0.25) is 0 Å². The maximum Gasteiger partial charge on any atom is 0.126 e. The predicted octanol–water partition coefficient (Wildman–Crippen LogP) is 2.21. The SMILES string of the molecule is C#CCCNC(C)c1ccc(F)cc1O. The lowest BCUT2D eigenvalue weighted by molar-refractivity contribution is 0.448. The summed E-state index contributed by atoms with van der Waals surface area (Å²) in [7, 11) is 0. The average Bonchev–Trinajstić information content (AvgIpc) is 2.17. The molecule has 0 amide bonds. The Morgan fingerprint density at radius 1 is 1.60 bits per heavy atom. The molecule has 15 heavy (non-hydrogen) atoms. The molecule has 80 valence electrons. The molecule has 3 heteroatoms. The number of benzene rings is 1. The van der Waals surface area contributed by atoms with Crippen LogP contribution in [0.25, 0.3) is 0 Å². The van der Waals surface area contributed by atoms with Crippen LogP contribution in [0, 0.1) is 18.2 Å². The van der Waals surface area contributed by atoms with Gasteiger partial charge in [-0.1, -0.05) is 6.07 Å². The second kappa shape index (κ2) is 5.38. The van der Waals surface area contributed by atoms with Crippen LogP contribution in [0.1, 0.15) is 24.9 Å². The fourth-order valence-corrected chi connectivity index (χ4v) is 1.35. The van der Waals surface area contributed by atoms with E-state index in [2.05, 4.69) is 11.2 Å². The average molecular weight is 207 g/mol. The van der Waals surface area contributed by atoms with Crippen molar-refractivity contribution in [2.24, 2.45) is 0 Å². The minimum absolute atomic E-state index is 0.0318. The Hall–Kier alpha value is -1.53. The van der Waals surface area contributed by atoms with E-state index in [0.717, 1.165) is 6.07 Å². The molecule has 2 N–H and O–H groups in total. The van der Waals surface area contributed by atoms with Crippen molar-refractivity contribution in [1.29, 1.82) is 0 Å². The van der Waals surface area contributed by atoms with Crippen LogP contribution in [0.5, 0.6) is 5.75 Å². The summed E-state index contributed by atoms with van der Waals surface area (Å²) >= 11 is 0. The van der Waals surface area contributed by atoms with Crippen LogP contribution in [0.3, 0.4) is 0 Å². The molecule has 0 aromatic heterocycles. The third kappa shape index (κ3) is 3.26. The quantitative estimate of drug-likeness (QED) is 0.586.